The monoisotopic (exact) mass is 411 g/mol. The summed E-state index contributed by atoms with van der Waals surface area (Å²) in [6.07, 6.45) is 0. The van der Waals surface area contributed by atoms with Gasteiger partial charge in [0, 0.05) is 8.59 Å². The Labute approximate surface area is 120 Å². The van der Waals surface area contributed by atoms with E-state index in [-0.39, 0.29) is 6.04 Å². The van der Waals surface area contributed by atoms with Gasteiger partial charge in [-0.25, -0.2) is 0 Å². The van der Waals surface area contributed by atoms with Crippen molar-refractivity contribution in [3.05, 3.63) is 54.9 Å². The second kappa shape index (κ2) is 5.08. The second-order valence-electron chi connectivity index (χ2n) is 3.29. The lowest BCUT2D eigenvalue weighted by atomic mass is 10.1. The molecule has 1 aromatic carbocycles. The normalized spacial score (nSPS) is 12.8. The Morgan fingerprint density at radius 3 is 2.69 bits per heavy atom. The minimum Gasteiger partial charge on any atom is -0.452 e. The summed E-state index contributed by atoms with van der Waals surface area (Å²) in [4.78, 5) is 0. The summed E-state index contributed by atoms with van der Waals surface area (Å²) in [5.74, 6) is 0.715. The van der Waals surface area contributed by atoms with E-state index in [1.165, 1.54) is 0 Å². The molecule has 0 fully saturated rings. The first-order valence-electron chi connectivity index (χ1n) is 4.53. The number of hydrogen-bond donors (Lipinski definition) is 1. The third kappa shape index (κ3) is 2.61. The van der Waals surface area contributed by atoms with Crippen LogP contribution in [0.25, 0.3) is 0 Å². The molecule has 16 heavy (non-hydrogen) atoms. The average molecular weight is 412 g/mol. The zero-order chi connectivity index (χ0) is 11.7. The van der Waals surface area contributed by atoms with Crippen LogP contribution in [-0.4, -0.2) is 0 Å². The van der Waals surface area contributed by atoms with E-state index < -0.39 is 0 Å². The van der Waals surface area contributed by atoms with Gasteiger partial charge in [-0.15, -0.1) is 0 Å². The van der Waals surface area contributed by atoms with Crippen LogP contribution >= 0.6 is 50.1 Å². The molecule has 1 aromatic heterocycles. The number of halogens is 3. The van der Waals surface area contributed by atoms with Crippen molar-refractivity contribution in [1.29, 1.82) is 0 Å². The highest BCUT2D eigenvalue weighted by molar-refractivity contribution is 14.1. The third-order valence-electron chi connectivity index (χ3n) is 2.19. The van der Waals surface area contributed by atoms with Crippen LogP contribution in [0.15, 0.2) is 39.4 Å². The molecule has 84 valence electrons. The van der Waals surface area contributed by atoms with E-state index in [1.807, 2.05) is 30.3 Å². The van der Waals surface area contributed by atoms with Crippen molar-refractivity contribution < 1.29 is 4.42 Å². The molecule has 0 spiro atoms. The maximum absolute atomic E-state index is 6.12. The molecule has 0 radical (unpaired) electrons. The quantitative estimate of drug-likeness (QED) is 0.745. The molecule has 0 saturated heterocycles. The molecule has 1 unspecified atom stereocenters. The van der Waals surface area contributed by atoms with Crippen molar-refractivity contribution in [2.75, 3.05) is 0 Å². The molecule has 0 amide bonds. The second-order valence-corrected chi connectivity index (χ2v) is 5.67. The molecular weight excluding hydrogens is 404 g/mol. The largest absolute Gasteiger partial charge is 0.452 e. The highest BCUT2D eigenvalue weighted by Crippen LogP contribution is 2.29. The van der Waals surface area contributed by atoms with Gasteiger partial charge in [0.25, 0.3) is 0 Å². The van der Waals surface area contributed by atoms with Crippen LogP contribution in [-0.2, 0) is 0 Å². The Balaban J connectivity index is 2.40. The van der Waals surface area contributed by atoms with Crippen molar-refractivity contribution >= 4 is 50.1 Å². The van der Waals surface area contributed by atoms with Gasteiger partial charge in [0.05, 0.1) is 6.04 Å². The fraction of sp³-hybridized carbons (Fsp3) is 0.0909. The molecule has 2 nitrogen and oxygen atoms in total. The summed E-state index contributed by atoms with van der Waals surface area (Å²) in [7, 11) is 0. The third-order valence-corrected chi connectivity index (χ3v) is 3.84. The molecular formula is C11H8BrClINO. The Bertz CT molecular complexity index is 514. The van der Waals surface area contributed by atoms with Crippen molar-refractivity contribution in [1.82, 2.24) is 0 Å². The number of hydrogen-bond acceptors (Lipinski definition) is 2. The zero-order valence-electron chi connectivity index (χ0n) is 8.08. The molecule has 5 heteroatoms. The minimum atomic E-state index is -0.295. The van der Waals surface area contributed by atoms with E-state index in [9.17, 15) is 0 Å². The first-order valence-corrected chi connectivity index (χ1v) is 6.78. The molecule has 1 heterocycles. The highest BCUT2D eigenvalue weighted by atomic mass is 127. The Hall–Kier alpha value is -0.0400. The highest BCUT2D eigenvalue weighted by Gasteiger charge is 2.16. The maximum Gasteiger partial charge on any atom is 0.169 e. The van der Waals surface area contributed by atoms with Crippen LogP contribution in [0.3, 0.4) is 0 Å². The lowest BCUT2D eigenvalue weighted by Crippen LogP contribution is -2.12. The zero-order valence-corrected chi connectivity index (χ0v) is 12.6. The van der Waals surface area contributed by atoms with E-state index >= 15 is 0 Å². The molecule has 1 atom stereocenters. The van der Waals surface area contributed by atoms with Crippen LogP contribution < -0.4 is 5.73 Å². The number of furan rings is 1. The van der Waals surface area contributed by atoms with Gasteiger partial charge in [-0.2, -0.15) is 0 Å². The summed E-state index contributed by atoms with van der Waals surface area (Å²) in [5.41, 5.74) is 7.09. The average Bonchev–Trinajstić information content (AvgIpc) is 2.67. The van der Waals surface area contributed by atoms with Crippen LogP contribution in [0.2, 0.25) is 5.02 Å². The van der Waals surface area contributed by atoms with Gasteiger partial charge >= 0.3 is 0 Å². The molecule has 0 aliphatic rings. The maximum atomic E-state index is 6.12. The van der Waals surface area contributed by atoms with Crippen molar-refractivity contribution in [3.63, 3.8) is 0 Å². The summed E-state index contributed by atoms with van der Waals surface area (Å²) in [6, 6.07) is 9.04. The van der Waals surface area contributed by atoms with Gasteiger partial charge in [0.1, 0.15) is 5.76 Å². The molecule has 2 rings (SSSR count). The van der Waals surface area contributed by atoms with Gasteiger partial charge in [0.2, 0.25) is 0 Å². The van der Waals surface area contributed by atoms with E-state index in [2.05, 4.69) is 38.5 Å². The standard InChI is InChI=1S/C11H8BrClINO/c12-10-4-3-9(16-10)11(15)7-5-6(13)1-2-8(7)14/h1-5,11H,15H2. The van der Waals surface area contributed by atoms with Gasteiger partial charge < -0.3 is 10.2 Å². The van der Waals surface area contributed by atoms with Gasteiger partial charge in [0.15, 0.2) is 4.67 Å². The van der Waals surface area contributed by atoms with Gasteiger partial charge in [-0.1, -0.05) is 11.6 Å². The molecule has 0 aliphatic carbocycles. The predicted molar refractivity (Wildman–Crippen MR) is 76.6 cm³/mol. The topological polar surface area (TPSA) is 39.2 Å². The van der Waals surface area contributed by atoms with E-state index in [0.717, 1.165) is 9.13 Å². The lowest BCUT2D eigenvalue weighted by molar-refractivity contribution is 0.470. The number of benzene rings is 1. The SMILES string of the molecule is NC(c1ccc(Br)o1)c1cc(Cl)ccc1I. The van der Waals surface area contributed by atoms with Crippen molar-refractivity contribution in [2.24, 2.45) is 5.73 Å². The predicted octanol–water partition coefficient (Wildman–Crippen LogP) is 4.35. The molecule has 0 bridgehead atoms. The van der Waals surface area contributed by atoms with Crippen LogP contribution in [0, 0.1) is 3.57 Å². The van der Waals surface area contributed by atoms with Crippen molar-refractivity contribution in [3.8, 4) is 0 Å². The summed E-state index contributed by atoms with van der Waals surface area (Å²) in [5, 5.41) is 0.677. The van der Waals surface area contributed by atoms with Crippen LogP contribution in [0.1, 0.15) is 17.4 Å². The fourth-order valence-electron chi connectivity index (χ4n) is 1.40. The molecule has 2 N–H and O–H groups in total. The first kappa shape index (κ1) is 12.4. The van der Waals surface area contributed by atoms with Gasteiger partial charge in [-0.05, 0) is 74.4 Å². The van der Waals surface area contributed by atoms with Crippen molar-refractivity contribution in [2.45, 2.75) is 6.04 Å². The van der Waals surface area contributed by atoms with Crippen LogP contribution in [0.5, 0.6) is 0 Å². The van der Waals surface area contributed by atoms with E-state index in [0.29, 0.717) is 15.5 Å². The number of nitrogens with two attached hydrogens (primary N) is 1. The Morgan fingerprint density at radius 2 is 2.06 bits per heavy atom. The molecule has 0 aliphatic heterocycles. The van der Waals surface area contributed by atoms with Crippen LogP contribution in [0.4, 0.5) is 0 Å². The lowest BCUT2D eigenvalue weighted by Gasteiger charge is -2.11. The molecule has 0 saturated carbocycles. The summed E-state index contributed by atoms with van der Waals surface area (Å²) >= 11 is 11.4. The minimum absolute atomic E-state index is 0.295. The van der Waals surface area contributed by atoms with Gasteiger partial charge in [-0.3, -0.25) is 0 Å². The molecule has 2 aromatic rings. The van der Waals surface area contributed by atoms with E-state index in [1.54, 1.807) is 0 Å². The number of rotatable bonds is 2. The Morgan fingerprint density at radius 1 is 1.31 bits per heavy atom. The van der Waals surface area contributed by atoms with E-state index in [4.69, 9.17) is 21.8 Å². The summed E-state index contributed by atoms with van der Waals surface area (Å²) in [6.45, 7) is 0. The Kier molecular flexibility index (Phi) is 3.94. The first-order chi connectivity index (χ1) is 7.58. The smallest absolute Gasteiger partial charge is 0.169 e. The summed E-state index contributed by atoms with van der Waals surface area (Å²) < 4.78 is 7.19. The fourth-order valence-corrected chi connectivity index (χ4v) is 2.57.